The first-order valence-corrected chi connectivity index (χ1v) is 5.24. The maximum Gasteiger partial charge on any atom is 0.147 e. The van der Waals surface area contributed by atoms with Crippen molar-refractivity contribution in [2.45, 2.75) is 19.3 Å². The van der Waals surface area contributed by atoms with Crippen molar-refractivity contribution in [2.75, 3.05) is 0 Å². The summed E-state index contributed by atoms with van der Waals surface area (Å²) in [5.74, 6) is -0.121. The first kappa shape index (κ1) is 8.96. The van der Waals surface area contributed by atoms with E-state index in [-0.39, 0.29) is 5.82 Å². The van der Waals surface area contributed by atoms with Crippen LogP contribution in [0.3, 0.4) is 0 Å². The van der Waals surface area contributed by atoms with Crippen molar-refractivity contribution in [2.24, 2.45) is 7.05 Å². The average Bonchev–Trinajstić information content (AvgIpc) is 2.55. The smallest absolute Gasteiger partial charge is 0.147 e. The summed E-state index contributed by atoms with van der Waals surface area (Å²) in [5, 5.41) is 1.06. The van der Waals surface area contributed by atoms with E-state index < -0.39 is 0 Å². The monoisotopic (exact) mass is 201 g/mol. The first-order valence-electron chi connectivity index (χ1n) is 5.24. The van der Waals surface area contributed by atoms with Crippen molar-refractivity contribution in [1.29, 1.82) is 0 Å². The minimum Gasteiger partial charge on any atom is -0.345 e. The first-order chi connectivity index (χ1) is 7.29. The maximum absolute atomic E-state index is 13.7. The van der Waals surface area contributed by atoms with Crippen LogP contribution in [0.4, 0.5) is 4.39 Å². The predicted octanol–water partition coefficient (Wildman–Crippen LogP) is 2.89. The third kappa shape index (κ3) is 1.14. The molecule has 2 radical (unpaired) electrons. The molecule has 1 heterocycles. The van der Waals surface area contributed by atoms with Gasteiger partial charge in [0.15, 0.2) is 0 Å². The highest BCUT2D eigenvalue weighted by molar-refractivity contribution is 5.86. The van der Waals surface area contributed by atoms with Gasteiger partial charge in [-0.05, 0) is 37.3 Å². The van der Waals surface area contributed by atoms with E-state index in [9.17, 15) is 4.39 Å². The van der Waals surface area contributed by atoms with E-state index in [0.29, 0.717) is 0 Å². The molecule has 0 fully saturated rings. The number of rotatable bonds is 0. The summed E-state index contributed by atoms with van der Waals surface area (Å²) >= 11 is 0. The standard InChI is InChI=1S/C13H12FN/c1-15-12-8-3-2-5-9(12)10-6-4-7-11(14)13(10)15/h4,6-7H,3,5,8H2,1H3. The fourth-order valence-corrected chi connectivity index (χ4v) is 2.53. The van der Waals surface area contributed by atoms with Crippen LogP contribution >= 0.6 is 0 Å². The SMILES string of the molecule is Cn1c2c(c3cccc(F)c31)C[C]CC2. The summed E-state index contributed by atoms with van der Waals surface area (Å²) in [7, 11) is 1.95. The zero-order valence-corrected chi connectivity index (χ0v) is 8.68. The number of aromatic nitrogens is 1. The quantitative estimate of drug-likeness (QED) is 0.617. The zero-order chi connectivity index (χ0) is 10.4. The average molecular weight is 201 g/mol. The van der Waals surface area contributed by atoms with Crippen LogP contribution in [0.1, 0.15) is 17.7 Å². The van der Waals surface area contributed by atoms with Crippen molar-refractivity contribution in [1.82, 2.24) is 4.57 Å². The van der Waals surface area contributed by atoms with E-state index in [1.54, 1.807) is 6.07 Å². The van der Waals surface area contributed by atoms with Gasteiger partial charge in [-0.1, -0.05) is 12.1 Å². The van der Waals surface area contributed by atoms with E-state index in [0.717, 1.165) is 30.2 Å². The number of para-hydroxylation sites is 1. The molecule has 0 bridgehead atoms. The van der Waals surface area contributed by atoms with Crippen LogP contribution in [0.2, 0.25) is 0 Å². The van der Waals surface area contributed by atoms with Gasteiger partial charge in [-0.2, -0.15) is 0 Å². The van der Waals surface area contributed by atoms with E-state index >= 15 is 0 Å². The van der Waals surface area contributed by atoms with Crippen LogP contribution in [0.5, 0.6) is 0 Å². The van der Waals surface area contributed by atoms with Crippen LogP contribution in [0.15, 0.2) is 18.2 Å². The number of nitrogens with zero attached hydrogens (tertiary/aromatic N) is 1. The Morgan fingerprint density at radius 3 is 3.13 bits per heavy atom. The van der Waals surface area contributed by atoms with Crippen LogP contribution in [0.25, 0.3) is 10.9 Å². The Labute approximate surface area is 88.5 Å². The summed E-state index contributed by atoms with van der Waals surface area (Å²) in [5.41, 5.74) is 3.28. The summed E-state index contributed by atoms with van der Waals surface area (Å²) in [6, 6.07) is 5.32. The van der Waals surface area contributed by atoms with Crippen molar-refractivity contribution in [3.8, 4) is 0 Å². The molecule has 2 heteroatoms. The molecule has 1 aliphatic carbocycles. The Hall–Kier alpha value is -1.31. The van der Waals surface area contributed by atoms with E-state index in [1.165, 1.54) is 17.3 Å². The van der Waals surface area contributed by atoms with Gasteiger partial charge in [0.05, 0.1) is 5.52 Å². The molecule has 76 valence electrons. The number of benzene rings is 1. The molecule has 1 aliphatic rings. The molecule has 1 aromatic carbocycles. The van der Waals surface area contributed by atoms with E-state index in [4.69, 9.17) is 0 Å². The van der Waals surface area contributed by atoms with Gasteiger partial charge in [0, 0.05) is 18.1 Å². The minimum atomic E-state index is -0.121. The second kappa shape index (κ2) is 3.09. The highest BCUT2D eigenvalue weighted by atomic mass is 19.1. The molecule has 15 heavy (non-hydrogen) atoms. The fourth-order valence-electron chi connectivity index (χ4n) is 2.53. The molecule has 0 amide bonds. The Morgan fingerprint density at radius 2 is 2.27 bits per heavy atom. The third-order valence-electron chi connectivity index (χ3n) is 3.24. The molecule has 2 aromatic rings. The number of fused-ring (bicyclic) bond motifs is 3. The lowest BCUT2D eigenvalue weighted by molar-refractivity contribution is 0.629. The molecule has 0 saturated heterocycles. The van der Waals surface area contributed by atoms with Crippen molar-refractivity contribution >= 4 is 10.9 Å². The van der Waals surface area contributed by atoms with E-state index in [2.05, 4.69) is 6.42 Å². The van der Waals surface area contributed by atoms with Crippen LogP contribution < -0.4 is 0 Å². The normalized spacial score (nSPS) is 15.6. The predicted molar refractivity (Wildman–Crippen MR) is 58.1 cm³/mol. The molecule has 1 aromatic heterocycles. The second-order valence-corrected chi connectivity index (χ2v) is 4.05. The van der Waals surface area contributed by atoms with E-state index in [1.807, 2.05) is 17.7 Å². The summed E-state index contributed by atoms with van der Waals surface area (Å²) in [6.45, 7) is 0. The topological polar surface area (TPSA) is 4.93 Å². The van der Waals surface area contributed by atoms with Crippen LogP contribution in [-0.2, 0) is 19.9 Å². The van der Waals surface area contributed by atoms with Gasteiger partial charge >= 0.3 is 0 Å². The lowest BCUT2D eigenvalue weighted by Crippen LogP contribution is -2.05. The largest absolute Gasteiger partial charge is 0.345 e. The van der Waals surface area contributed by atoms with Gasteiger partial charge < -0.3 is 4.57 Å². The van der Waals surface area contributed by atoms with Crippen molar-refractivity contribution in [3.05, 3.63) is 41.7 Å². The summed E-state index contributed by atoms with van der Waals surface area (Å²) in [6.07, 6.45) is 6.16. The number of hydrogen-bond acceptors (Lipinski definition) is 0. The molecule has 0 saturated carbocycles. The molecular weight excluding hydrogens is 189 g/mol. The molecule has 0 spiro atoms. The summed E-state index contributed by atoms with van der Waals surface area (Å²) in [4.78, 5) is 0. The fraction of sp³-hybridized carbons (Fsp3) is 0.308. The zero-order valence-electron chi connectivity index (χ0n) is 8.68. The Bertz CT molecular complexity index is 525. The van der Waals surface area contributed by atoms with Crippen molar-refractivity contribution in [3.63, 3.8) is 0 Å². The third-order valence-corrected chi connectivity index (χ3v) is 3.24. The number of aryl methyl sites for hydroxylation is 1. The maximum atomic E-state index is 13.7. The lowest BCUT2D eigenvalue weighted by atomic mass is 9.96. The molecule has 0 aliphatic heterocycles. The van der Waals surface area contributed by atoms with Gasteiger partial charge in [0.25, 0.3) is 0 Å². The molecule has 1 nitrogen and oxygen atoms in total. The van der Waals surface area contributed by atoms with Crippen LogP contribution in [0, 0.1) is 12.2 Å². The Kier molecular flexibility index (Phi) is 1.84. The minimum absolute atomic E-state index is 0.121. The Morgan fingerprint density at radius 1 is 1.40 bits per heavy atom. The Balaban J connectivity index is 2.44. The number of hydrogen-bond donors (Lipinski definition) is 0. The van der Waals surface area contributed by atoms with Gasteiger partial charge in [0.1, 0.15) is 5.82 Å². The summed E-state index contributed by atoms with van der Waals surface area (Å²) < 4.78 is 15.7. The van der Waals surface area contributed by atoms with Crippen molar-refractivity contribution < 1.29 is 4.39 Å². The van der Waals surface area contributed by atoms with Gasteiger partial charge in [0.2, 0.25) is 0 Å². The molecule has 0 N–H and O–H groups in total. The molecule has 3 rings (SSSR count). The highest BCUT2D eigenvalue weighted by Crippen LogP contribution is 2.31. The molecule has 0 unspecified atom stereocenters. The van der Waals surface area contributed by atoms with Gasteiger partial charge in [-0.15, -0.1) is 0 Å². The second-order valence-electron chi connectivity index (χ2n) is 4.05. The number of halogens is 1. The molecular formula is C13H12FN. The molecule has 0 atom stereocenters. The van der Waals surface area contributed by atoms with Gasteiger partial charge in [-0.3, -0.25) is 0 Å². The lowest BCUT2D eigenvalue weighted by Gasteiger charge is -2.12. The van der Waals surface area contributed by atoms with Gasteiger partial charge in [-0.25, -0.2) is 4.39 Å². The van der Waals surface area contributed by atoms with Crippen LogP contribution in [-0.4, -0.2) is 4.57 Å². The highest BCUT2D eigenvalue weighted by Gasteiger charge is 2.19.